The smallest absolute Gasteiger partial charge is 0.337 e. The lowest BCUT2D eigenvalue weighted by atomic mass is 10.1. The van der Waals surface area contributed by atoms with Crippen LogP contribution in [0.1, 0.15) is 36.2 Å². The summed E-state index contributed by atoms with van der Waals surface area (Å²) in [7, 11) is -2.21. The number of carbonyl (C=O) groups is 1. The Morgan fingerprint density at radius 2 is 1.81 bits per heavy atom. The lowest BCUT2D eigenvalue weighted by Crippen LogP contribution is -2.26. The third-order valence-electron chi connectivity index (χ3n) is 4.48. The van der Waals surface area contributed by atoms with Gasteiger partial charge in [-0.1, -0.05) is 12.1 Å². The summed E-state index contributed by atoms with van der Waals surface area (Å²) in [5.41, 5.74) is 1.33. The summed E-state index contributed by atoms with van der Waals surface area (Å²) in [6.45, 7) is 4.96. The molecule has 2 aromatic carbocycles. The van der Waals surface area contributed by atoms with E-state index < -0.39 is 16.0 Å². The highest BCUT2D eigenvalue weighted by atomic mass is 32.2. The highest BCUT2D eigenvalue weighted by Gasteiger charge is 2.18. The molecule has 0 atom stereocenters. The monoisotopic (exact) mass is 450 g/mol. The van der Waals surface area contributed by atoms with Gasteiger partial charge >= 0.3 is 5.97 Å². The van der Waals surface area contributed by atoms with Crippen LogP contribution in [0.25, 0.3) is 0 Å². The molecule has 31 heavy (non-hydrogen) atoms. The molecule has 0 saturated heterocycles. The van der Waals surface area contributed by atoms with Crippen LogP contribution < -0.4 is 14.8 Å². The van der Waals surface area contributed by atoms with Gasteiger partial charge < -0.3 is 19.9 Å². The summed E-state index contributed by atoms with van der Waals surface area (Å²) in [5.74, 6) is -0.433. The first-order valence-corrected chi connectivity index (χ1v) is 11.6. The van der Waals surface area contributed by atoms with Gasteiger partial charge in [0, 0.05) is 25.4 Å². The SMILES string of the molecule is COc1ccc(CCNc2ccc(S(=O)(=O)NCCCOC(C)C)cc2C(=O)O)cc1. The standard InChI is InChI=1S/C22H30N2O6S/c1-16(2)30-14-4-12-24-31(27,28)19-9-10-21(20(15-19)22(25)26)23-13-11-17-5-7-18(29-3)8-6-17/h5-10,15-16,23-24H,4,11-14H2,1-3H3,(H,25,26). The van der Waals surface area contributed by atoms with Crippen LogP contribution in [0.5, 0.6) is 5.75 Å². The Morgan fingerprint density at radius 3 is 2.42 bits per heavy atom. The molecular formula is C22H30N2O6S. The second kappa shape index (κ2) is 11.7. The topological polar surface area (TPSA) is 114 Å². The molecular weight excluding hydrogens is 420 g/mol. The van der Waals surface area contributed by atoms with E-state index in [1.54, 1.807) is 7.11 Å². The Hall–Kier alpha value is -2.62. The lowest BCUT2D eigenvalue weighted by molar-refractivity contribution is 0.0697. The Morgan fingerprint density at radius 1 is 1.10 bits per heavy atom. The molecule has 0 spiro atoms. The van der Waals surface area contributed by atoms with Crippen molar-refractivity contribution < 1.29 is 27.8 Å². The van der Waals surface area contributed by atoms with E-state index in [9.17, 15) is 18.3 Å². The van der Waals surface area contributed by atoms with Gasteiger partial charge in [0.05, 0.1) is 23.7 Å². The van der Waals surface area contributed by atoms with Crippen LogP contribution in [-0.2, 0) is 21.2 Å². The first-order chi connectivity index (χ1) is 14.7. The largest absolute Gasteiger partial charge is 0.497 e. The summed E-state index contributed by atoms with van der Waals surface area (Å²) in [6.07, 6.45) is 1.27. The molecule has 0 aliphatic carbocycles. The van der Waals surface area contributed by atoms with Crippen LogP contribution in [0.4, 0.5) is 5.69 Å². The van der Waals surface area contributed by atoms with Gasteiger partial charge in [-0.05, 0) is 62.6 Å². The van der Waals surface area contributed by atoms with E-state index in [0.29, 0.717) is 31.7 Å². The van der Waals surface area contributed by atoms with Gasteiger partial charge in [0.1, 0.15) is 5.75 Å². The van der Waals surface area contributed by atoms with Gasteiger partial charge in [0.25, 0.3) is 0 Å². The number of ether oxygens (including phenoxy) is 2. The molecule has 170 valence electrons. The van der Waals surface area contributed by atoms with Crippen molar-refractivity contribution in [2.45, 2.75) is 37.7 Å². The minimum atomic E-state index is -3.81. The summed E-state index contributed by atoms with van der Waals surface area (Å²) in [6, 6.07) is 11.6. The van der Waals surface area contributed by atoms with E-state index in [0.717, 1.165) is 11.3 Å². The Kier molecular flexibility index (Phi) is 9.29. The average molecular weight is 451 g/mol. The van der Waals surface area contributed by atoms with Crippen LogP contribution in [0.15, 0.2) is 47.4 Å². The zero-order valence-electron chi connectivity index (χ0n) is 18.1. The van der Waals surface area contributed by atoms with Gasteiger partial charge in [0.2, 0.25) is 10.0 Å². The molecule has 0 fully saturated rings. The Bertz CT molecular complexity index is 958. The fourth-order valence-corrected chi connectivity index (χ4v) is 3.94. The van der Waals surface area contributed by atoms with Gasteiger partial charge in [0.15, 0.2) is 0 Å². The summed E-state index contributed by atoms with van der Waals surface area (Å²) >= 11 is 0. The predicted molar refractivity (Wildman–Crippen MR) is 119 cm³/mol. The molecule has 0 saturated carbocycles. The molecule has 3 N–H and O–H groups in total. The second-order valence-corrected chi connectivity index (χ2v) is 8.98. The molecule has 0 aliphatic rings. The summed E-state index contributed by atoms with van der Waals surface area (Å²) < 4.78 is 38.0. The summed E-state index contributed by atoms with van der Waals surface area (Å²) in [5, 5.41) is 12.6. The number of carboxylic acids is 1. The molecule has 0 unspecified atom stereocenters. The van der Waals surface area contributed by atoms with Crippen molar-refractivity contribution in [3.63, 3.8) is 0 Å². The van der Waals surface area contributed by atoms with E-state index >= 15 is 0 Å². The minimum absolute atomic E-state index is 0.0829. The van der Waals surface area contributed by atoms with Crippen molar-refractivity contribution in [1.82, 2.24) is 4.72 Å². The van der Waals surface area contributed by atoms with Gasteiger partial charge in [-0.3, -0.25) is 0 Å². The molecule has 0 amide bonds. The van der Waals surface area contributed by atoms with Crippen LogP contribution in [-0.4, -0.2) is 52.4 Å². The molecule has 2 rings (SSSR count). The van der Waals surface area contributed by atoms with E-state index in [1.807, 2.05) is 38.1 Å². The molecule has 0 bridgehead atoms. The second-order valence-electron chi connectivity index (χ2n) is 7.21. The predicted octanol–water partition coefficient (Wildman–Crippen LogP) is 3.14. The van der Waals surface area contributed by atoms with Crippen molar-refractivity contribution in [1.29, 1.82) is 0 Å². The van der Waals surface area contributed by atoms with Gasteiger partial charge in [-0.2, -0.15) is 0 Å². The first kappa shape index (κ1) is 24.6. The van der Waals surface area contributed by atoms with Crippen molar-refractivity contribution in [3.8, 4) is 5.75 Å². The van der Waals surface area contributed by atoms with Gasteiger partial charge in [-0.15, -0.1) is 0 Å². The van der Waals surface area contributed by atoms with E-state index in [4.69, 9.17) is 9.47 Å². The Labute approximate surface area is 183 Å². The molecule has 8 nitrogen and oxygen atoms in total. The molecule has 0 aliphatic heterocycles. The number of aromatic carboxylic acids is 1. The molecule has 9 heteroatoms. The van der Waals surface area contributed by atoms with Gasteiger partial charge in [-0.25, -0.2) is 17.9 Å². The number of rotatable bonds is 13. The number of hydrogen-bond donors (Lipinski definition) is 3. The fourth-order valence-electron chi connectivity index (χ4n) is 2.84. The number of methoxy groups -OCH3 is 1. The Balaban J connectivity index is 2.00. The van der Waals surface area contributed by atoms with E-state index in [2.05, 4.69) is 10.0 Å². The summed E-state index contributed by atoms with van der Waals surface area (Å²) in [4.78, 5) is 11.6. The maximum absolute atomic E-state index is 12.5. The number of hydrogen-bond acceptors (Lipinski definition) is 6. The highest BCUT2D eigenvalue weighted by Crippen LogP contribution is 2.21. The number of carboxylic acid groups (broad SMARTS) is 1. The maximum atomic E-state index is 12.5. The number of sulfonamides is 1. The zero-order chi connectivity index (χ0) is 22.9. The highest BCUT2D eigenvalue weighted by molar-refractivity contribution is 7.89. The number of benzene rings is 2. The average Bonchev–Trinajstić information content (AvgIpc) is 2.73. The molecule has 0 aromatic heterocycles. The molecule has 0 heterocycles. The maximum Gasteiger partial charge on any atom is 0.337 e. The van der Waals surface area contributed by atoms with Crippen molar-refractivity contribution in [2.24, 2.45) is 0 Å². The quantitative estimate of drug-likeness (QED) is 0.402. The normalized spacial score (nSPS) is 11.5. The molecule has 2 aromatic rings. The van der Waals surface area contributed by atoms with Crippen molar-refractivity contribution in [3.05, 3.63) is 53.6 Å². The van der Waals surface area contributed by atoms with Crippen LogP contribution in [0.3, 0.4) is 0 Å². The minimum Gasteiger partial charge on any atom is -0.497 e. The van der Waals surface area contributed by atoms with E-state index in [1.165, 1.54) is 18.2 Å². The number of nitrogens with one attached hydrogen (secondary N) is 2. The lowest BCUT2D eigenvalue weighted by Gasteiger charge is -2.13. The van der Waals surface area contributed by atoms with Crippen LogP contribution in [0.2, 0.25) is 0 Å². The molecule has 0 radical (unpaired) electrons. The van der Waals surface area contributed by atoms with E-state index in [-0.39, 0.29) is 23.1 Å². The fraction of sp³-hybridized carbons (Fsp3) is 0.409. The third-order valence-corrected chi connectivity index (χ3v) is 5.94. The van der Waals surface area contributed by atoms with Crippen molar-refractivity contribution >= 4 is 21.7 Å². The number of anilines is 1. The zero-order valence-corrected chi connectivity index (χ0v) is 18.9. The first-order valence-electron chi connectivity index (χ1n) is 10.1. The van der Waals surface area contributed by atoms with Crippen LogP contribution in [0, 0.1) is 0 Å². The third kappa shape index (κ3) is 7.86. The van der Waals surface area contributed by atoms with Crippen LogP contribution >= 0.6 is 0 Å². The van der Waals surface area contributed by atoms with Crippen molar-refractivity contribution in [2.75, 3.05) is 32.1 Å².